The number of amides is 2. The molecule has 6 atom stereocenters. The minimum absolute atomic E-state index is 0.0352. The molecule has 2 amide bonds. The molecule has 2 aliphatic heterocycles. The Balaban J connectivity index is 1.16. The summed E-state index contributed by atoms with van der Waals surface area (Å²) in [7, 11) is 0. The summed E-state index contributed by atoms with van der Waals surface area (Å²) >= 11 is 0. The van der Waals surface area contributed by atoms with Gasteiger partial charge in [0.25, 0.3) is 0 Å². The van der Waals surface area contributed by atoms with E-state index in [4.69, 9.17) is 9.47 Å². The van der Waals surface area contributed by atoms with Crippen molar-refractivity contribution in [3.05, 3.63) is 59.7 Å². The van der Waals surface area contributed by atoms with E-state index < -0.39 is 5.41 Å². The lowest BCUT2D eigenvalue weighted by molar-refractivity contribution is -0.199. The van der Waals surface area contributed by atoms with E-state index in [1.807, 2.05) is 30.3 Å². The van der Waals surface area contributed by atoms with Crippen molar-refractivity contribution in [1.29, 1.82) is 0 Å². The molecule has 36 heavy (non-hydrogen) atoms. The lowest BCUT2D eigenvalue weighted by Gasteiger charge is -2.66. The first kappa shape index (κ1) is 22.2. The van der Waals surface area contributed by atoms with Crippen molar-refractivity contribution in [2.24, 2.45) is 28.6 Å². The molecule has 2 aromatic rings. The van der Waals surface area contributed by atoms with E-state index in [2.05, 4.69) is 42.3 Å². The predicted octanol–water partition coefficient (Wildman–Crippen LogP) is 4.84. The molecule has 5 fully saturated rings. The van der Waals surface area contributed by atoms with Crippen LogP contribution in [0.1, 0.15) is 63.1 Å². The van der Waals surface area contributed by atoms with Gasteiger partial charge in [0.05, 0.1) is 16.9 Å². The Morgan fingerprint density at radius 2 is 1.75 bits per heavy atom. The maximum atomic E-state index is 13.6. The Bertz CT molecular complexity index is 1210. The normalized spacial score (nSPS) is 35.0. The lowest BCUT2D eigenvalue weighted by atomic mass is 9.46. The van der Waals surface area contributed by atoms with E-state index in [-0.39, 0.29) is 36.1 Å². The van der Waals surface area contributed by atoms with Crippen LogP contribution in [0.5, 0.6) is 11.5 Å². The van der Waals surface area contributed by atoms with Crippen LogP contribution >= 0.6 is 0 Å². The highest BCUT2D eigenvalue weighted by Gasteiger charge is 2.66. The molecule has 6 heteroatoms. The summed E-state index contributed by atoms with van der Waals surface area (Å²) in [6.07, 6.45) is 5.01. The van der Waals surface area contributed by atoms with Crippen LogP contribution in [0.4, 0.5) is 0 Å². The van der Waals surface area contributed by atoms with E-state index >= 15 is 0 Å². The molecule has 0 spiro atoms. The smallest absolute Gasteiger partial charge is 0.231 e. The number of ether oxygens (including phenoxy) is 2. The number of carbonyl (C=O) groups is 2. The van der Waals surface area contributed by atoms with E-state index in [0.29, 0.717) is 24.3 Å². The summed E-state index contributed by atoms with van der Waals surface area (Å²) in [4.78, 5) is 29.4. The van der Waals surface area contributed by atoms with Gasteiger partial charge in [-0.25, -0.2) is 0 Å². The standard InChI is InChI=1S/C30H34N2O4/c1-29(2)26(22-9-6-10-23-25(22)36-17-35-23)32(28(29)34)24-20-11-19-12-21(24)15-30(13-19,14-20)27(33)31-16-18-7-4-3-5-8-18/h3-10,19-21,24,26H,11-17H2,1-2H3,(H,31,33)/t19?,20-,21?,24?,26?,30?/m0/s1. The second-order valence-corrected chi connectivity index (χ2v) is 12.3. The average Bonchev–Trinajstić information content (AvgIpc) is 3.36. The summed E-state index contributed by atoms with van der Waals surface area (Å²) in [5.74, 6) is 3.31. The molecular formula is C30H34N2O4. The van der Waals surface area contributed by atoms with Gasteiger partial charge in [0.15, 0.2) is 11.5 Å². The van der Waals surface area contributed by atoms with Gasteiger partial charge < -0.3 is 19.7 Å². The minimum Gasteiger partial charge on any atom is -0.454 e. The van der Waals surface area contributed by atoms with Gasteiger partial charge in [0.1, 0.15) is 0 Å². The van der Waals surface area contributed by atoms with Crippen LogP contribution in [-0.2, 0) is 16.1 Å². The quantitative estimate of drug-likeness (QED) is 0.615. The van der Waals surface area contributed by atoms with Crippen LogP contribution in [0, 0.1) is 28.6 Å². The van der Waals surface area contributed by atoms with Crippen LogP contribution < -0.4 is 14.8 Å². The van der Waals surface area contributed by atoms with Crippen LogP contribution in [0.3, 0.4) is 0 Å². The van der Waals surface area contributed by atoms with Gasteiger partial charge in [0.2, 0.25) is 18.6 Å². The zero-order valence-corrected chi connectivity index (χ0v) is 21.0. The number of likely N-dealkylation sites (tertiary alicyclic amines) is 1. The number of nitrogens with one attached hydrogen (secondary N) is 1. The Morgan fingerprint density at radius 3 is 2.50 bits per heavy atom. The van der Waals surface area contributed by atoms with Crippen molar-refractivity contribution < 1.29 is 19.1 Å². The molecule has 2 heterocycles. The van der Waals surface area contributed by atoms with Crippen LogP contribution in [0.15, 0.2) is 48.5 Å². The van der Waals surface area contributed by atoms with Crippen molar-refractivity contribution in [2.45, 2.75) is 64.6 Å². The highest BCUT2D eigenvalue weighted by molar-refractivity contribution is 5.91. The number of benzene rings is 2. The molecule has 6 aliphatic rings. The number of hydrogen-bond acceptors (Lipinski definition) is 4. The van der Waals surface area contributed by atoms with Gasteiger partial charge in [-0.1, -0.05) is 42.5 Å². The third kappa shape index (κ3) is 3.09. The Labute approximate surface area is 212 Å². The Kier molecular flexibility index (Phi) is 4.77. The third-order valence-corrected chi connectivity index (χ3v) is 9.79. The molecule has 2 aromatic carbocycles. The van der Waals surface area contributed by atoms with Crippen LogP contribution in [0.2, 0.25) is 0 Å². The summed E-state index contributed by atoms with van der Waals surface area (Å²) in [5.41, 5.74) is 1.41. The number of para-hydroxylation sites is 1. The monoisotopic (exact) mass is 486 g/mol. The number of fused-ring (bicyclic) bond motifs is 1. The van der Waals surface area contributed by atoms with Gasteiger partial charge in [-0.3, -0.25) is 9.59 Å². The summed E-state index contributed by atoms with van der Waals surface area (Å²) in [5, 5.41) is 3.26. The fourth-order valence-electron chi connectivity index (χ4n) is 8.56. The SMILES string of the molecule is CC1(C)C(=O)N(C2C3CC4C[C@H]2CC(C(=O)NCc2ccccc2)(C4)C3)C1c1cccc2c1OCO2. The summed E-state index contributed by atoms with van der Waals surface area (Å²) < 4.78 is 11.5. The van der Waals surface area contributed by atoms with Gasteiger partial charge in [-0.2, -0.15) is 0 Å². The molecule has 6 nitrogen and oxygen atoms in total. The maximum absolute atomic E-state index is 13.6. The molecule has 4 bridgehead atoms. The van der Waals surface area contributed by atoms with E-state index in [0.717, 1.165) is 54.7 Å². The van der Waals surface area contributed by atoms with Crippen LogP contribution in [-0.4, -0.2) is 29.5 Å². The molecule has 188 valence electrons. The molecule has 0 radical (unpaired) electrons. The van der Waals surface area contributed by atoms with Crippen molar-refractivity contribution in [1.82, 2.24) is 10.2 Å². The van der Waals surface area contributed by atoms with E-state index in [9.17, 15) is 9.59 Å². The highest BCUT2D eigenvalue weighted by Crippen LogP contribution is 2.65. The van der Waals surface area contributed by atoms with Crippen molar-refractivity contribution >= 4 is 11.8 Å². The fraction of sp³-hybridized carbons (Fsp3) is 0.533. The number of nitrogens with zero attached hydrogens (tertiary/aromatic N) is 1. The van der Waals surface area contributed by atoms with Crippen molar-refractivity contribution in [3.63, 3.8) is 0 Å². The van der Waals surface area contributed by atoms with Crippen molar-refractivity contribution in [3.8, 4) is 11.5 Å². The summed E-state index contributed by atoms with van der Waals surface area (Å²) in [6, 6.07) is 16.3. The zero-order chi connectivity index (χ0) is 24.7. The molecule has 0 aromatic heterocycles. The molecular weight excluding hydrogens is 452 g/mol. The first-order valence-corrected chi connectivity index (χ1v) is 13.4. The second-order valence-electron chi connectivity index (χ2n) is 12.3. The summed E-state index contributed by atoms with van der Waals surface area (Å²) in [6.45, 7) is 4.91. The first-order valence-electron chi connectivity index (χ1n) is 13.4. The zero-order valence-electron chi connectivity index (χ0n) is 21.0. The van der Waals surface area contributed by atoms with E-state index in [1.54, 1.807) is 0 Å². The average molecular weight is 487 g/mol. The molecule has 5 unspecified atom stereocenters. The molecule has 8 rings (SSSR count). The van der Waals surface area contributed by atoms with Gasteiger partial charge in [0, 0.05) is 18.2 Å². The maximum Gasteiger partial charge on any atom is 0.231 e. The molecule has 1 N–H and O–H groups in total. The van der Waals surface area contributed by atoms with Gasteiger partial charge in [-0.15, -0.1) is 0 Å². The predicted molar refractivity (Wildman–Crippen MR) is 134 cm³/mol. The number of β-lactam (4-membered cyclic amide) rings is 1. The fourth-order valence-corrected chi connectivity index (χ4v) is 8.56. The van der Waals surface area contributed by atoms with Crippen LogP contribution in [0.25, 0.3) is 0 Å². The van der Waals surface area contributed by atoms with Gasteiger partial charge in [-0.05, 0) is 75.3 Å². The Morgan fingerprint density at radius 1 is 1.00 bits per heavy atom. The Hall–Kier alpha value is -3.02. The lowest BCUT2D eigenvalue weighted by Crippen LogP contribution is -2.71. The van der Waals surface area contributed by atoms with Gasteiger partial charge >= 0.3 is 0 Å². The van der Waals surface area contributed by atoms with E-state index in [1.165, 1.54) is 0 Å². The molecule has 4 saturated carbocycles. The largest absolute Gasteiger partial charge is 0.454 e. The molecule has 4 aliphatic carbocycles. The second kappa shape index (κ2) is 7.74. The number of carbonyl (C=O) groups excluding carboxylic acids is 2. The number of hydrogen-bond donors (Lipinski definition) is 1. The van der Waals surface area contributed by atoms with Crippen molar-refractivity contribution in [2.75, 3.05) is 6.79 Å². The first-order chi connectivity index (χ1) is 17.4. The molecule has 1 saturated heterocycles. The number of rotatable bonds is 5. The highest BCUT2D eigenvalue weighted by atomic mass is 16.7. The minimum atomic E-state index is -0.486. The third-order valence-electron chi connectivity index (χ3n) is 9.79. The topological polar surface area (TPSA) is 67.9 Å².